The predicted molar refractivity (Wildman–Crippen MR) is 132 cm³/mol. The summed E-state index contributed by atoms with van der Waals surface area (Å²) in [6.45, 7) is 1.92. The monoisotopic (exact) mass is 507 g/mol. The van der Waals surface area contributed by atoms with E-state index in [9.17, 15) is 34.8 Å². The summed E-state index contributed by atoms with van der Waals surface area (Å²) in [5.41, 5.74) is 5.45. The van der Waals surface area contributed by atoms with Crippen LogP contribution < -0.4 is 5.73 Å². The van der Waals surface area contributed by atoms with E-state index in [1.165, 1.54) is 6.07 Å². The second-order valence-electron chi connectivity index (χ2n) is 10.5. The predicted octanol–water partition coefficient (Wildman–Crippen LogP) is 0.499. The molecule has 1 aromatic heterocycles. The molecule has 0 aliphatic heterocycles. The van der Waals surface area contributed by atoms with Crippen LogP contribution in [-0.4, -0.2) is 79.6 Å². The minimum Gasteiger partial charge on any atom is -0.507 e. The lowest BCUT2D eigenvalue weighted by Crippen LogP contribution is -2.73. The van der Waals surface area contributed by atoms with Crippen LogP contribution in [0.2, 0.25) is 0 Å². The number of nitrogens with two attached hydrogens (primary N) is 1. The largest absolute Gasteiger partial charge is 0.507 e. The molecule has 1 heterocycles. The van der Waals surface area contributed by atoms with E-state index in [1.807, 2.05) is 19.1 Å². The number of fused-ring (bicyclic) bond motifs is 3. The van der Waals surface area contributed by atoms with Gasteiger partial charge in [-0.1, -0.05) is 0 Å². The van der Waals surface area contributed by atoms with Gasteiger partial charge in [-0.2, -0.15) is 0 Å². The fourth-order valence-electron chi connectivity index (χ4n) is 6.53. The number of amides is 1. The van der Waals surface area contributed by atoms with Gasteiger partial charge in [-0.15, -0.1) is 0 Å². The van der Waals surface area contributed by atoms with Crippen LogP contribution in [0, 0.1) is 24.7 Å². The molecule has 3 unspecified atom stereocenters. The zero-order valence-electron chi connectivity index (χ0n) is 20.7. The molecule has 0 saturated heterocycles. The molecule has 0 bridgehead atoms. The Balaban J connectivity index is 1.71. The van der Waals surface area contributed by atoms with Crippen molar-refractivity contribution in [2.45, 2.75) is 37.5 Å². The second-order valence-corrected chi connectivity index (χ2v) is 10.5. The average molecular weight is 508 g/mol. The molecule has 2 saturated carbocycles. The number of phenolic OH excluding ortho intramolecular Hbond substituents is 1. The summed E-state index contributed by atoms with van der Waals surface area (Å²) >= 11 is 0. The third kappa shape index (κ3) is 3.43. The van der Waals surface area contributed by atoms with Crippen LogP contribution in [0.5, 0.6) is 5.75 Å². The fourth-order valence-corrected chi connectivity index (χ4v) is 6.53. The topological polar surface area (TPSA) is 174 Å². The van der Waals surface area contributed by atoms with Crippen molar-refractivity contribution in [2.24, 2.45) is 23.5 Å². The Morgan fingerprint density at radius 3 is 2.51 bits per heavy atom. The second kappa shape index (κ2) is 8.47. The molecule has 2 aromatic rings. The number of primary amides is 1. The molecule has 6 atom stereocenters. The molecule has 10 nitrogen and oxygen atoms in total. The Kier molecular flexibility index (Phi) is 5.74. The molecule has 194 valence electrons. The number of hydrogen-bond acceptors (Lipinski definition) is 9. The molecule has 2 fully saturated rings. The highest BCUT2D eigenvalue weighted by Crippen LogP contribution is 2.53. The number of pyridine rings is 1. The number of benzene rings is 1. The Morgan fingerprint density at radius 2 is 1.89 bits per heavy atom. The number of carbonyl (C=O) groups excluding carboxylic acids is 3. The van der Waals surface area contributed by atoms with Crippen LogP contribution in [0.3, 0.4) is 0 Å². The number of aromatic nitrogens is 1. The van der Waals surface area contributed by atoms with Gasteiger partial charge >= 0.3 is 0 Å². The van der Waals surface area contributed by atoms with Crippen molar-refractivity contribution in [3.8, 4) is 17.0 Å². The number of rotatable bonds is 3. The number of aryl methyl sites for hydroxylation is 1. The van der Waals surface area contributed by atoms with E-state index in [1.54, 1.807) is 31.3 Å². The van der Waals surface area contributed by atoms with Gasteiger partial charge in [0, 0.05) is 29.3 Å². The van der Waals surface area contributed by atoms with E-state index < -0.39 is 58.7 Å². The number of phenols is 1. The van der Waals surface area contributed by atoms with Crippen molar-refractivity contribution in [1.82, 2.24) is 9.88 Å². The van der Waals surface area contributed by atoms with Gasteiger partial charge in [-0.3, -0.25) is 19.4 Å². The van der Waals surface area contributed by atoms with Crippen LogP contribution in [0.15, 0.2) is 36.0 Å². The van der Waals surface area contributed by atoms with E-state index in [-0.39, 0.29) is 29.7 Å². The van der Waals surface area contributed by atoms with Crippen molar-refractivity contribution in [3.63, 3.8) is 0 Å². The highest BCUT2D eigenvalue weighted by molar-refractivity contribution is 6.25. The highest BCUT2D eigenvalue weighted by Gasteiger charge is 2.67. The normalized spacial score (nSPS) is 31.1. The van der Waals surface area contributed by atoms with Crippen molar-refractivity contribution >= 4 is 23.2 Å². The number of hydrogen-bond donors (Lipinski definition) is 5. The summed E-state index contributed by atoms with van der Waals surface area (Å²) in [5.74, 6) is -7.62. The average Bonchev–Trinajstić information content (AvgIpc) is 2.81. The molecule has 1 aromatic carbocycles. The van der Waals surface area contributed by atoms with E-state index in [0.29, 0.717) is 16.8 Å². The number of nitrogens with zero attached hydrogens (tertiary/aromatic N) is 2. The third-order valence-corrected chi connectivity index (χ3v) is 8.16. The highest BCUT2D eigenvalue weighted by atomic mass is 16.3. The van der Waals surface area contributed by atoms with Crippen LogP contribution in [-0.2, 0) is 20.8 Å². The summed E-state index contributed by atoms with van der Waals surface area (Å²) in [6, 6.07) is 5.88. The molecule has 3 aliphatic carbocycles. The van der Waals surface area contributed by atoms with E-state index >= 15 is 0 Å². The quantitative estimate of drug-likeness (QED) is 0.371. The molecule has 10 heteroatoms. The van der Waals surface area contributed by atoms with Gasteiger partial charge in [-0.05, 0) is 75.2 Å². The number of aliphatic hydroxyl groups excluding tert-OH is 2. The number of carbonyl (C=O) groups is 3. The van der Waals surface area contributed by atoms with Gasteiger partial charge in [0.2, 0.25) is 11.7 Å². The number of ketones is 2. The first-order valence-electron chi connectivity index (χ1n) is 12.1. The first-order valence-corrected chi connectivity index (χ1v) is 12.1. The molecule has 3 aliphatic rings. The lowest BCUT2D eigenvalue weighted by atomic mass is 9.54. The van der Waals surface area contributed by atoms with Crippen LogP contribution in [0.4, 0.5) is 0 Å². The molecule has 0 radical (unpaired) electrons. The molecule has 5 rings (SSSR count). The molecule has 0 spiro atoms. The van der Waals surface area contributed by atoms with Crippen LogP contribution in [0.25, 0.3) is 17.0 Å². The standard InChI is InChI=1S/C27H29N3O7/c1-11-6-7-29-16(8-11)13-4-5-17(31)19-14(13)9-12-10-15-21(30(2)3)23(33)20(26(28)36)25(35)27(15,37)24(34)18(12)22(19)32/h4-8,12,15,20-21,23,31-33,37H,9-10H2,1-3H3,(H2,28,36)/t12-,15-,20?,21?,23?,27-/m1/s1. The maximum absolute atomic E-state index is 13.9. The van der Waals surface area contributed by atoms with E-state index in [2.05, 4.69) is 4.98 Å². The van der Waals surface area contributed by atoms with Gasteiger partial charge in [0.15, 0.2) is 11.4 Å². The molecular formula is C27H29N3O7. The molecule has 1 amide bonds. The van der Waals surface area contributed by atoms with E-state index in [0.717, 1.165) is 5.56 Å². The van der Waals surface area contributed by atoms with Crippen molar-refractivity contribution in [2.75, 3.05) is 14.1 Å². The summed E-state index contributed by atoms with van der Waals surface area (Å²) in [4.78, 5) is 45.3. The summed E-state index contributed by atoms with van der Waals surface area (Å²) in [6.07, 6.45) is 0.415. The minimum atomic E-state index is -2.67. The zero-order chi connectivity index (χ0) is 27.0. The number of aliphatic hydroxyl groups is 3. The summed E-state index contributed by atoms with van der Waals surface area (Å²) in [7, 11) is 3.23. The Hall–Kier alpha value is -3.60. The summed E-state index contributed by atoms with van der Waals surface area (Å²) in [5, 5.41) is 44.6. The van der Waals surface area contributed by atoms with Crippen LogP contribution >= 0.6 is 0 Å². The Labute approximate surface area is 213 Å². The first-order chi connectivity index (χ1) is 17.4. The maximum atomic E-state index is 13.9. The van der Waals surface area contributed by atoms with Crippen LogP contribution in [0.1, 0.15) is 23.1 Å². The van der Waals surface area contributed by atoms with Gasteiger partial charge in [-0.25, -0.2) is 0 Å². The molecule has 37 heavy (non-hydrogen) atoms. The lowest BCUT2D eigenvalue weighted by Gasteiger charge is -2.53. The van der Waals surface area contributed by atoms with Gasteiger partial charge < -0.3 is 31.1 Å². The number of aromatic hydroxyl groups is 1. The lowest BCUT2D eigenvalue weighted by molar-refractivity contribution is -0.184. The van der Waals surface area contributed by atoms with Gasteiger partial charge in [0.1, 0.15) is 17.4 Å². The number of likely N-dealkylation sites (N-methyl/N-ethyl adjacent to an activating group) is 1. The molecule has 6 N–H and O–H groups in total. The smallest absolute Gasteiger partial charge is 0.230 e. The fraction of sp³-hybridized carbons (Fsp3) is 0.407. The maximum Gasteiger partial charge on any atom is 0.230 e. The Morgan fingerprint density at radius 1 is 1.19 bits per heavy atom. The van der Waals surface area contributed by atoms with Gasteiger partial charge in [0.05, 0.1) is 17.4 Å². The third-order valence-electron chi connectivity index (χ3n) is 8.16. The van der Waals surface area contributed by atoms with Crippen molar-refractivity contribution < 1.29 is 34.8 Å². The van der Waals surface area contributed by atoms with Gasteiger partial charge in [0.25, 0.3) is 0 Å². The van der Waals surface area contributed by atoms with Crippen molar-refractivity contribution in [1.29, 1.82) is 0 Å². The molecular weight excluding hydrogens is 478 g/mol. The van der Waals surface area contributed by atoms with E-state index in [4.69, 9.17) is 5.73 Å². The summed E-state index contributed by atoms with van der Waals surface area (Å²) < 4.78 is 0. The SMILES string of the molecule is Cc1ccnc(-c2ccc(O)c3c2C[C@@H]2C[C@@H]4C(N(C)C)C(O)C(C(N)=O)C(=O)[C@]4(O)C(=O)C2=C3O)c1. The Bertz CT molecular complexity index is 1380. The number of Topliss-reactive ketones (excluding diaryl/α,β-unsaturated/α-hetero) is 2. The first kappa shape index (κ1) is 25.1. The zero-order valence-corrected chi connectivity index (χ0v) is 20.7. The van der Waals surface area contributed by atoms with Crippen molar-refractivity contribution in [3.05, 3.63) is 52.7 Å². The minimum absolute atomic E-state index is 0.0429.